The van der Waals surface area contributed by atoms with Crippen molar-refractivity contribution >= 4 is 17.7 Å². The van der Waals surface area contributed by atoms with E-state index in [0.29, 0.717) is 42.0 Å². The first-order valence-corrected chi connectivity index (χ1v) is 11.0. The lowest BCUT2D eigenvalue weighted by Crippen LogP contribution is -2.43. The van der Waals surface area contributed by atoms with Crippen LogP contribution in [0.15, 0.2) is 42.5 Å². The van der Waals surface area contributed by atoms with Gasteiger partial charge in [-0.15, -0.1) is 0 Å². The van der Waals surface area contributed by atoms with Gasteiger partial charge in [-0.2, -0.15) is 5.26 Å². The highest BCUT2D eigenvalue weighted by Crippen LogP contribution is 2.37. The first-order chi connectivity index (χ1) is 15.8. The van der Waals surface area contributed by atoms with Crippen LogP contribution in [-0.4, -0.2) is 54.4 Å². The molecule has 0 aromatic heterocycles. The van der Waals surface area contributed by atoms with Gasteiger partial charge in [0.1, 0.15) is 5.67 Å². The highest BCUT2D eigenvalue weighted by molar-refractivity contribution is 5.97. The van der Waals surface area contributed by atoms with Crippen LogP contribution >= 0.6 is 0 Å². The predicted octanol–water partition coefficient (Wildman–Crippen LogP) is 4.24. The monoisotopic (exact) mass is 451 g/mol. The van der Waals surface area contributed by atoms with E-state index in [1.54, 1.807) is 47.4 Å². The summed E-state index contributed by atoms with van der Waals surface area (Å²) in [7, 11) is 0. The number of nitrogens with zero attached hydrogens (tertiary/aromatic N) is 3. The van der Waals surface area contributed by atoms with Crippen LogP contribution in [-0.2, 0) is 10.4 Å². The lowest BCUT2D eigenvalue weighted by Gasteiger charge is -2.37. The minimum Gasteiger partial charge on any atom is -0.465 e. The maximum Gasteiger partial charge on any atom is 0.412 e. The molecular formula is C25H26FN3O4. The van der Waals surface area contributed by atoms with Crippen LogP contribution in [0.4, 0.5) is 14.9 Å². The number of amides is 2. The van der Waals surface area contributed by atoms with Crippen LogP contribution in [0.3, 0.4) is 0 Å². The van der Waals surface area contributed by atoms with Crippen LogP contribution in [0, 0.1) is 18.3 Å². The Bertz CT molecular complexity index is 1080. The number of hydrogen-bond donors (Lipinski definition) is 1. The van der Waals surface area contributed by atoms with Crippen molar-refractivity contribution in [3.8, 4) is 6.07 Å². The molecule has 0 spiro atoms. The summed E-state index contributed by atoms with van der Waals surface area (Å²) >= 11 is 0. The van der Waals surface area contributed by atoms with Crippen molar-refractivity contribution in [2.45, 2.75) is 37.9 Å². The van der Waals surface area contributed by atoms with E-state index in [1.807, 2.05) is 13.0 Å². The van der Waals surface area contributed by atoms with Crippen LogP contribution in [0.2, 0.25) is 0 Å². The van der Waals surface area contributed by atoms with Crippen LogP contribution in [0.25, 0.3) is 0 Å². The number of carbonyl (C=O) groups excluding carboxylic acids is 1. The van der Waals surface area contributed by atoms with E-state index in [2.05, 4.69) is 0 Å². The van der Waals surface area contributed by atoms with Gasteiger partial charge < -0.3 is 14.7 Å². The molecule has 8 heteroatoms. The van der Waals surface area contributed by atoms with Crippen LogP contribution in [0.5, 0.6) is 0 Å². The molecular weight excluding hydrogens is 425 g/mol. The van der Waals surface area contributed by atoms with E-state index < -0.39 is 11.8 Å². The van der Waals surface area contributed by atoms with Gasteiger partial charge in [0.15, 0.2) is 0 Å². The highest BCUT2D eigenvalue weighted by atomic mass is 19.1. The fraction of sp³-hybridized carbons (Fsp3) is 0.400. The fourth-order valence-electron chi connectivity index (χ4n) is 4.56. The number of likely N-dealkylation sites (tertiary alicyclic amines) is 1. The summed E-state index contributed by atoms with van der Waals surface area (Å²) in [4.78, 5) is 28.1. The number of carboxylic acid groups (broad SMARTS) is 1. The van der Waals surface area contributed by atoms with Gasteiger partial charge in [0.25, 0.3) is 5.91 Å². The van der Waals surface area contributed by atoms with Gasteiger partial charge in [-0.1, -0.05) is 18.2 Å². The summed E-state index contributed by atoms with van der Waals surface area (Å²) in [5.41, 5.74) is 1.05. The number of ether oxygens (including phenoxy) is 1. The first-order valence-electron chi connectivity index (χ1n) is 11.0. The molecule has 0 unspecified atom stereocenters. The molecule has 2 saturated heterocycles. The van der Waals surface area contributed by atoms with Gasteiger partial charge >= 0.3 is 6.09 Å². The fourth-order valence-corrected chi connectivity index (χ4v) is 4.56. The lowest BCUT2D eigenvalue weighted by atomic mass is 9.85. The molecule has 0 saturated carbocycles. The summed E-state index contributed by atoms with van der Waals surface area (Å²) in [6, 6.07) is 13.3. The second-order valence-electron chi connectivity index (χ2n) is 8.62. The topological polar surface area (TPSA) is 93.9 Å². The Kier molecular flexibility index (Phi) is 6.34. The van der Waals surface area contributed by atoms with Gasteiger partial charge in [0, 0.05) is 38.1 Å². The van der Waals surface area contributed by atoms with Crippen LogP contribution in [0.1, 0.15) is 46.3 Å². The molecule has 2 fully saturated rings. The average Bonchev–Trinajstić information content (AvgIpc) is 3.34. The van der Waals surface area contributed by atoms with Gasteiger partial charge in [-0.3, -0.25) is 9.69 Å². The minimum absolute atomic E-state index is 0.157. The highest BCUT2D eigenvalue weighted by Gasteiger charge is 2.38. The minimum atomic E-state index is -1.55. The zero-order valence-corrected chi connectivity index (χ0v) is 18.5. The molecule has 4 rings (SSSR count). The molecule has 0 aliphatic carbocycles. The number of nitriles is 1. The summed E-state index contributed by atoms with van der Waals surface area (Å²) in [5, 5.41) is 18.7. The molecule has 33 heavy (non-hydrogen) atoms. The quantitative estimate of drug-likeness (QED) is 0.750. The number of hydrogen-bond acceptors (Lipinski definition) is 4. The van der Waals surface area contributed by atoms with Crippen LogP contribution < -0.4 is 4.90 Å². The lowest BCUT2D eigenvalue weighted by molar-refractivity contribution is 0.0421. The Morgan fingerprint density at radius 1 is 1.21 bits per heavy atom. The summed E-state index contributed by atoms with van der Waals surface area (Å²) in [5.74, 6) is -0.244. The number of anilines is 1. The van der Waals surface area contributed by atoms with Gasteiger partial charge in [0.05, 0.1) is 30.0 Å². The van der Waals surface area contributed by atoms with Crippen molar-refractivity contribution < 1.29 is 23.8 Å². The van der Waals surface area contributed by atoms with Gasteiger partial charge in [0.2, 0.25) is 0 Å². The Morgan fingerprint density at radius 3 is 2.48 bits per heavy atom. The third kappa shape index (κ3) is 4.55. The zero-order chi connectivity index (χ0) is 23.6. The smallest absolute Gasteiger partial charge is 0.412 e. The second-order valence-corrected chi connectivity index (χ2v) is 8.62. The molecule has 1 atom stereocenters. The standard InChI is InChI=1S/C25H26FN3O4/c1-17-2-5-19(14-22(17)29(24(31)32)21-8-13-33-16-21)23(30)28-11-9-25(26,10-12-28)20-6-3-18(15-27)4-7-20/h2-7,14,21H,8-13,16H2,1H3,(H,31,32)/t21-/m1/s1. The molecule has 2 amide bonds. The summed E-state index contributed by atoms with van der Waals surface area (Å²) in [6.07, 6.45) is -0.168. The third-order valence-corrected chi connectivity index (χ3v) is 6.57. The number of halogens is 1. The van der Waals surface area contributed by atoms with Crippen molar-refractivity contribution in [1.82, 2.24) is 4.90 Å². The van der Waals surface area contributed by atoms with E-state index in [0.717, 1.165) is 5.56 Å². The predicted molar refractivity (Wildman–Crippen MR) is 120 cm³/mol. The normalized spacial score (nSPS) is 19.7. The molecule has 172 valence electrons. The van der Waals surface area contributed by atoms with Gasteiger partial charge in [-0.25, -0.2) is 9.18 Å². The first kappa shape index (κ1) is 22.7. The molecule has 2 aromatic rings. The number of carbonyl (C=O) groups is 2. The van der Waals surface area contributed by atoms with E-state index in [-0.39, 0.29) is 37.9 Å². The SMILES string of the molecule is Cc1ccc(C(=O)N2CCC(F)(c3ccc(C#N)cc3)CC2)cc1N(C(=O)O)[C@@H]1CCOC1. The number of benzene rings is 2. The number of aryl methyl sites for hydroxylation is 1. The Morgan fingerprint density at radius 2 is 1.91 bits per heavy atom. The van der Waals surface area contributed by atoms with Gasteiger partial charge in [-0.05, 0) is 48.7 Å². The number of piperidine rings is 1. The molecule has 2 aliphatic rings. The maximum absolute atomic E-state index is 15.6. The molecule has 2 aliphatic heterocycles. The van der Waals surface area contributed by atoms with E-state index in [9.17, 15) is 14.7 Å². The van der Waals surface area contributed by atoms with E-state index >= 15 is 4.39 Å². The third-order valence-electron chi connectivity index (χ3n) is 6.57. The molecule has 1 N–H and O–H groups in total. The Labute approximate surface area is 192 Å². The van der Waals surface area contributed by atoms with Crippen molar-refractivity contribution in [2.24, 2.45) is 0 Å². The molecule has 7 nitrogen and oxygen atoms in total. The summed E-state index contributed by atoms with van der Waals surface area (Å²) < 4.78 is 20.9. The molecule has 2 heterocycles. The average molecular weight is 451 g/mol. The van der Waals surface area contributed by atoms with Crippen molar-refractivity contribution in [3.63, 3.8) is 0 Å². The van der Waals surface area contributed by atoms with Crippen molar-refractivity contribution in [3.05, 3.63) is 64.7 Å². The number of alkyl halides is 1. The van der Waals surface area contributed by atoms with E-state index in [1.165, 1.54) is 4.90 Å². The molecule has 0 radical (unpaired) electrons. The van der Waals surface area contributed by atoms with E-state index in [4.69, 9.17) is 10.00 Å². The summed E-state index contributed by atoms with van der Waals surface area (Å²) in [6.45, 7) is 3.13. The number of rotatable bonds is 4. The maximum atomic E-state index is 15.6. The second kappa shape index (κ2) is 9.20. The largest absolute Gasteiger partial charge is 0.465 e. The van der Waals surface area contributed by atoms with Crippen molar-refractivity contribution in [2.75, 3.05) is 31.2 Å². The Balaban J connectivity index is 1.50. The molecule has 0 bridgehead atoms. The zero-order valence-electron chi connectivity index (χ0n) is 18.5. The Hall–Kier alpha value is -3.44. The molecule has 2 aromatic carbocycles. The van der Waals surface area contributed by atoms with Crippen molar-refractivity contribution in [1.29, 1.82) is 5.26 Å².